The Labute approximate surface area is 130 Å². The maximum Gasteiger partial charge on any atom is 0.262 e. The van der Waals surface area contributed by atoms with E-state index in [0.29, 0.717) is 16.5 Å². The van der Waals surface area contributed by atoms with E-state index < -0.39 is 0 Å². The van der Waals surface area contributed by atoms with E-state index in [1.54, 1.807) is 30.6 Å². The van der Waals surface area contributed by atoms with Gasteiger partial charge in [0.15, 0.2) is 6.61 Å². The molecule has 1 amide bonds. The Morgan fingerprint density at radius 2 is 2.30 bits per heavy atom. The van der Waals surface area contributed by atoms with Gasteiger partial charge in [0.2, 0.25) is 0 Å². The van der Waals surface area contributed by atoms with E-state index in [1.807, 2.05) is 13.0 Å². The predicted molar refractivity (Wildman–Crippen MR) is 82.3 cm³/mol. The number of ether oxygens (including phenoxy) is 1. The van der Waals surface area contributed by atoms with Crippen molar-refractivity contribution in [1.82, 2.24) is 4.98 Å². The molecule has 1 aromatic carbocycles. The van der Waals surface area contributed by atoms with Crippen LogP contribution < -0.4 is 10.1 Å². The number of aryl methyl sites for hydroxylation is 1. The number of halogens is 2. The summed E-state index contributed by atoms with van der Waals surface area (Å²) >= 11 is 9.43. The van der Waals surface area contributed by atoms with Crippen LogP contribution in [0.2, 0.25) is 5.02 Å². The van der Waals surface area contributed by atoms with Gasteiger partial charge in [-0.15, -0.1) is 0 Å². The molecule has 2 aromatic rings. The summed E-state index contributed by atoms with van der Waals surface area (Å²) in [6.45, 7) is 1.75. The van der Waals surface area contributed by atoms with E-state index in [1.165, 1.54) is 0 Å². The molecule has 0 aliphatic rings. The lowest BCUT2D eigenvalue weighted by Crippen LogP contribution is -2.20. The molecule has 0 unspecified atom stereocenters. The smallest absolute Gasteiger partial charge is 0.262 e. The molecule has 0 fully saturated rings. The van der Waals surface area contributed by atoms with E-state index in [4.69, 9.17) is 16.3 Å². The quantitative estimate of drug-likeness (QED) is 0.907. The highest BCUT2D eigenvalue weighted by molar-refractivity contribution is 9.10. The molecule has 0 saturated carbocycles. The Morgan fingerprint density at radius 1 is 1.50 bits per heavy atom. The van der Waals surface area contributed by atoms with Gasteiger partial charge in [0.25, 0.3) is 5.91 Å². The van der Waals surface area contributed by atoms with Crippen LogP contribution in [0.4, 0.5) is 5.69 Å². The Kier molecular flexibility index (Phi) is 4.98. The monoisotopic (exact) mass is 354 g/mol. The van der Waals surface area contributed by atoms with E-state index >= 15 is 0 Å². The molecule has 6 heteroatoms. The van der Waals surface area contributed by atoms with Gasteiger partial charge in [-0.25, -0.2) is 0 Å². The zero-order valence-electron chi connectivity index (χ0n) is 10.7. The minimum atomic E-state index is -0.267. The maximum absolute atomic E-state index is 11.8. The van der Waals surface area contributed by atoms with Crippen LogP contribution in [0.3, 0.4) is 0 Å². The average Bonchev–Trinajstić information content (AvgIpc) is 2.38. The lowest BCUT2D eigenvalue weighted by Gasteiger charge is -2.11. The maximum atomic E-state index is 11.8. The molecule has 0 atom stereocenters. The van der Waals surface area contributed by atoms with Gasteiger partial charge in [-0.1, -0.05) is 27.5 Å². The number of hydrogen-bond donors (Lipinski definition) is 1. The van der Waals surface area contributed by atoms with Crippen molar-refractivity contribution < 1.29 is 9.53 Å². The van der Waals surface area contributed by atoms with Gasteiger partial charge in [0.1, 0.15) is 5.75 Å². The first kappa shape index (κ1) is 14.8. The number of rotatable bonds is 4. The molecule has 0 aliphatic carbocycles. The molecule has 0 saturated heterocycles. The summed E-state index contributed by atoms with van der Waals surface area (Å²) in [5, 5.41) is 3.15. The fourth-order valence-corrected chi connectivity index (χ4v) is 2.67. The highest BCUT2D eigenvalue weighted by atomic mass is 79.9. The first-order valence-corrected chi connectivity index (χ1v) is 7.01. The van der Waals surface area contributed by atoms with Gasteiger partial charge < -0.3 is 10.1 Å². The van der Waals surface area contributed by atoms with Gasteiger partial charge in [0.05, 0.1) is 16.9 Å². The van der Waals surface area contributed by atoms with Gasteiger partial charge in [-0.3, -0.25) is 9.78 Å². The third kappa shape index (κ3) is 3.95. The SMILES string of the molecule is Cc1cc(Br)cc(Cl)c1OCC(=O)Nc1cccnc1. The van der Waals surface area contributed by atoms with Crippen LogP contribution in [0.15, 0.2) is 41.1 Å². The van der Waals surface area contributed by atoms with Gasteiger partial charge in [0, 0.05) is 10.7 Å². The van der Waals surface area contributed by atoms with Crippen LogP contribution in [0.25, 0.3) is 0 Å². The fraction of sp³-hybridized carbons (Fsp3) is 0.143. The van der Waals surface area contributed by atoms with Crippen LogP contribution >= 0.6 is 27.5 Å². The molecule has 2 rings (SSSR count). The van der Waals surface area contributed by atoms with Crippen molar-refractivity contribution in [3.8, 4) is 5.75 Å². The van der Waals surface area contributed by atoms with Crippen LogP contribution in [0, 0.1) is 6.92 Å². The van der Waals surface area contributed by atoms with Crippen molar-refractivity contribution in [1.29, 1.82) is 0 Å². The number of carbonyl (C=O) groups excluding carboxylic acids is 1. The molecular weight excluding hydrogens is 344 g/mol. The van der Waals surface area contributed by atoms with Crippen LogP contribution in [-0.4, -0.2) is 17.5 Å². The highest BCUT2D eigenvalue weighted by Gasteiger charge is 2.10. The van der Waals surface area contributed by atoms with Crippen molar-refractivity contribution in [2.75, 3.05) is 11.9 Å². The number of carbonyl (C=O) groups is 1. The van der Waals surface area contributed by atoms with Crippen molar-refractivity contribution in [2.24, 2.45) is 0 Å². The first-order valence-electron chi connectivity index (χ1n) is 5.84. The first-order chi connectivity index (χ1) is 9.56. The molecule has 4 nitrogen and oxygen atoms in total. The van der Waals surface area contributed by atoms with E-state index in [-0.39, 0.29) is 12.5 Å². The van der Waals surface area contributed by atoms with E-state index in [2.05, 4.69) is 26.2 Å². The zero-order chi connectivity index (χ0) is 14.5. The molecular formula is C14H12BrClN2O2. The largest absolute Gasteiger partial charge is 0.482 e. The molecule has 1 aromatic heterocycles. The molecule has 1 N–H and O–H groups in total. The van der Waals surface area contributed by atoms with Gasteiger partial charge >= 0.3 is 0 Å². The lowest BCUT2D eigenvalue weighted by atomic mass is 10.2. The summed E-state index contributed by atoms with van der Waals surface area (Å²) in [5.41, 5.74) is 1.48. The standard InChI is InChI=1S/C14H12BrClN2O2/c1-9-5-10(15)6-12(16)14(9)20-8-13(19)18-11-3-2-4-17-7-11/h2-7H,8H2,1H3,(H,18,19). The minimum absolute atomic E-state index is 0.114. The zero-order valence-corrected chi connectivity index (χ0v) is 13.0. The second kappa shape index (κ2) is 6.72. The van der Waals surface area contributed by atoms with Crippen LogP contribution in [0.1, 0.15) is 5.56 Å². The Hall–Kier alpha value is -1.59. The number of amides is 1. The summed E-state index contributed by atoms with van der Waals surface area (Å²) in [6.07, 6.45) is 3.20. The van der Waals surface area contributed by atoms with E-state index in [0.717, 1.165) is 10.0 Å². The predicted octanol–water partition coefficient (Wildman–Crippen LogP) is 3.82. The second-order valence-electron chi connectivity index (χ2n) is 4.11. The van der Waals surface area contributed by atoms with Crippen molar-refractivity contribution >= 4 is 39.1 Å². The number of nitrogens with one attached hydrogen (secondary N) is 1. The minimum Gasteiger partial charge on any atom is -0.482 e. The van der Waals surface area contributed by atoms with Gasteiger partial charge in [-0.05, 0) is 36.8 Å². The average molecular weight is 356 g/mol. The van der Waals surface area contributed by atoms with Crippen molar-refractivity contribution in [3.05, 3.63) is 51.7 Å². The third-order valence-corrected chi connectivity index (χ3v) is 3.23. The molecule has 104 valence electrons. The fourth-order valence-electron chi connectivity index (χ4n) is 1.64. The Bertz CT molecular complexity index is 597. The third-order valence-electron chi connectivity index (χ3n) is 2.49. The normalized spacial score (nSPS) is 10.2. The number of aromatic nitrogens is 1. The van der Waals surface area contributed by atoms with Gasteiger partial charge in [-0.2, -0.15) is 0 Å². The number of pyridine rings is 1. The number of nitrogens with zero attached hydrogens (tertiary/aromatic N) is 1. The molecule has 0 bridgehead atoms. The summed E-state index contributed by atoms with van der Waals surface area (Å²) in [4.78, 5) is 15.7. The Morgan fingerprint density at radius 3 is 2.95 bits per heavy atom. The van der Waals surface area contributed by atoms with Crippen molar-refractivity contribution in [2.45, 2.75) is 6.92 Å². The summed E-state index contributed by atoms with van der Waals surface area (Å²) in [7, 11) is 0. The molecule has 20 heavy (non-hydrogen) atoms. The van der Waals surface area contributed by atoms with E-state index in [9.17, 15) is 4.79 Å². The van der Waals surface area contributed by atoms with Crippen molar-refractivity contribution in [3.63, 3.8) is 0 Å². The molecule has 0 radical (unpaired) electrons. The summed E-state index contributed by atoms with van der Waals surface area (Å²) in [5.74, 6) is 0.243. The highest BCUT2D eigenvalue weighted by Crippen LogP contribution is 2.31. The molecule has 1 heterocycles. The molecule has 0 spiro atoms. The van der Waals surface area contributed by atoms with Crippen LogP contribution in [-0.2, 0) is 4.79 Å². The Balaban J connectivity index is 1.97. The molecule has 0 aliphatic heterocycles. The topological polar surface area (TPSA) is 51.2 Å². The number of anilines is 1. The number of hydrogen-bond acceptors (Lipinski definition) is 3. The second-order valence-corrected chi connectivity index (χ2v) is 5.44. The lowest BCUT2D eigenvalue weighted by molar-refractivity contribution is -0.118. The van der Waals surface area contributed by atoms with Crippen LogP contribution in [0.5, 0.6) is 5.75 Å². The summed E-state index contributed by atoms with van der Waals surface area (Å²) in [6, 6.07) is 7.10. The number of benzene rings is 1. The summed E-state index contributed by atoms with van der Waals surface area (Å²) < 4.78 is 6.34.